The number of hydrogen-bond acceptors (Lipinski definition) is 0. The van der Waals surface area contributed by atoms with Crippen LogP contribution in [0, 0.1) is 0 Å². The third-order valence-corrected chi connectivity index (χ3v) is 3.21. The Bertz CT molecular complexity index is 179. The molecule has 0 amide bonds. The van der Waals surface area contributed by atoms with E-state index >= 15 is 0 Å². The summed E-state index contributed by atoms with van der Waals surface area (Å²) in [5, 5.41) is 1.32. The first-order chi connectivity index (χ1) is 4.79. The Morgan fingerprint density at radius 3 is 2.20 bits per heavy atom. The summed E-state index contributed by atoms with van der Waals surface area (Å²) in [6.07, 6.45) is 0. The monoisotopic (exact) mass is 201 g/mol. The minimum absolute atomic E-state index is 0.281. The van der Waals surface area contributed by atoms with Crippen LogP contribution in [0.5, 0.6) is 0 Å². The van der Waals surface area contributed by atoms with Gasteiger partial charge in [0, 0.05) is 0 Å². The molecule has 0 radical (unpaired) electrons. The SMILES string of the molecule is C[Se+](C)Cc1ccccc1. The van der Waals surface area contributed by atoms with Crippen molar-refractivity contribution in [3.8, 4) is 0 Å². The summed E-state index contributed by atoms with van der Waals surface area (Å²) in [5.74, 6) is 4.74. The Morgan fingerprint density at radius 1 is 1.10 bits per heavy atom. The van der Waals surface area contributed by atoms with Crippen molar-refractivity contribution in [1.82, 2.24) is 0 Å². The van der Waals surface area contributed by atoms with Crippen LogP contribution in [0.15, 0.2) is 30.3 Å². The van der Waals surface area contributed by atoms with Gasteiger partial charge in [-0.1, -0.05) is 0 Å². The molecule has 0 saturated heterocycles. The second kappa shape index (κ2) is 3.80. The molecular weight excluding hydrogens is 187 g/mol. The van der Waals surface area contributed by atoms with Crippen LogP contribution in [0.25, 0.3) is 0 Å². The molecule has 0 saturated carbocycles. The van der Waals surface area contributed by atoms with Crippen LogP contribution in [-0.4, -0.2) is 13.9 Å². The second-order valence-electron chi connectivity index (χ2n) is 2.62. The molecule has 0 spiro atoms. The summed E-state index contributed by atoms with van der Waals surface area (Å²) >= 11 is -0.281. The summed E-state index contributed by atoms with van der Waals surface area (Å²) in [4.78, 5) is 0. The quantitative estimate of drug-likeness (QED) is 0.643. The summed E-state index contributed by atoms with van der Waals surface area (Å²) in [6.45, 7) is 0. The predicted octanol–water partition coefficient (Wildman–Crippen LogP) is 2.52. The van der Waals surface area contributed by atoms with E-state index in [-0.39, 0.29) is 13.9 Å². The fourth-order valence-corrected chi connectivity index (χ4v) is 2.71. The van der Waals surface area contributed by atoms with E-state index in [0.29, 0.717) is 0 Å². The molecule has 0 bridgehead atoms. The van der Waals surface area contributed by atoms with Crippen molar-refractivity contribution in [3.63, 3.8) is 0 Å². The van der Waals surface area contributed by atoms with Crippen LogP contribution in [-0.2, 0) is 5.32 Å². The Balaban J connectivity index is 2.59. The van der Waals surface area contributed by atoms with Crippen molar-refractivity contribution < 1.29 is 0 Å². The molecule has 0 unspecified atom stereocenters. The average Bonchev–Trinajstić information content (AvgIpc) is 1.88. The molecule has 10 heavy (non-hydrogen) atoms. The topological polar surface area (TPSA) is 0 Å². The van der Waals surface area contributed by atoms with Crippen LogP contribution in [0.2, 0.25) is 11.6 Å². The van der Waals surface area contributed by atoms with Crippen LogP contribution in [0.4, 0.5) is 0 Å². The average molecular weight is 200 g/mol. The summed E-state index contributed by atoms with van der Waals surface area (Å²) in [5.41, 5.74) is 1.50. The van der Waals surface area contributed by atoms with Crippen LogP contribution in [0.1, 0.15) is 5.56 Å². The van der Waals surface area contributed by atoms with Gasteiger partial charge in [-0.05, 0) is 0 Å². The van der Waals surface area contributed by atoms with Crippen molar-refractivity contribution in [2.24, 2.45) is 0 Å². The Kier molecular flexibility index (Phi) is 2.98. The standard InChI is InChI=1S/C9H13Se/c1-10(2)8-9-6-4-3-5-7-9/h3-7H,8H2,1-2H3/q+1. The molecule has 0 aliphatic rings. The first kappa shape index (κ1) is 7.84. The molecule has 0 atom stereocenters. The van der Waals surface area contributed by atoms with Gasteiger partial charge in [0.2, 0.25) is 0 Å². The maximum atomic E-state index is 2.37. The molecule has 0 fully saturated rings. The van der Waals surface area contributed by atoms with Crippen molar-refractivity contribution in [2.45, 2.75) is 17.0 Å². The fourth-order valence-electron chi connectivity index (χ4n) is 0.908. The zero-order valence-electron chi connectivity index (χ0n) is 6.50. The van der Waals surface area contributed by atoms with Crippen molar-refractivity contribution in [3.05, 3.63) is 35.9 Å². The van der Waals surface area contributed by atoms with E-state index in [1.165, 1.54) is 10.9 Å². The Labute approximate surface area is 67.2 Å². The Morgan fingerprint density at radius 2 is 1.70 bits per heavy atom. The molecule has 1 rings (SSSR count). The van der Waals surface area contributed by atoms with E-state index in [4.69, 9.17) is 0 Å². The van der Waals surface area contributed by atoms with Crippen LogP contribution < -0.4 is 0 Å². The van der Waals surface area contributed by atoms with Crippen molar-refractivity contribution in [1.29, 1.82) is 0 Å². The Hall–Kier alpha value is -0.261. The third-order valence-electron chi connectivity index (χ3n) is 1.30. The molecule has 0 nitrogen and oxygen atoms in total. The van der Waals surface area contributed by atoms with Gasteiger partial charge in [-0.2, -0.15) is 0 Å². The predicted molar refractivity (Wildman–Crippen MR) is 47.6 cm³/mol. The van der Waals surface area contributed by atoms with Gasteiger partial charge in [0.1, 0.15) is 0 Å². The van der Waals surface area contributed by atoms with E-state index < -0.39 is 0 Å². The van der Waals surface area contributed by atoms with Gasteiger partial charge in [-0.3, -0.25) is 0 Å². The molecule has 0 aromatic heterocycles. The summed E-state index contributed by atoms with van der Waals surface area (Å²) in [7, 11) is 0. The molecule has 0 N–H and O–H groups in total. The van der Waals surface area contributed by atoms with Gasteiger partial charge in [0.15, 0.2) is 0 Å². The molecule has 0 heterocycles. The first-order valence-corrected chi connectivity index (χ1v) is 8.01. The van der Waals surface area contributed by atoms with Gasteiger partial charge in [-0.25, -0.2) is 0 Å². The minimum atomic E-state index is -0.281. The van der Waals surface area contributed by atoms with E-state index in [1.807, 2.05) is 0 Å². The number of benzene rings is 1. The molecule has 54 valence electrons. The molecular formula is C9H13Se+. The van der Waals surface area contributed by atoms with Gasteiger partial charge in [0.05, 0.1) is 0 Å². The number of hydrogen-bond donors (Lipinski definition) is 0. The van der Waals surface area contributed by atoms with Gasteiger partial charge < -0.3 is 0 Å². The fraction of sp³-hybridized carbons (Fsp3) is 0.333. The molecule has 0 aliphatic carbocycles. The third kappa shape index (κ3) is 2.55. The van der Waals surface area contributed by atoms with E-state index in [1.54, 1.807) is 0 Å². The van der Waals surface area contributed by atoms with E-state index in [0.717, 1.165) is 0 Å². The summed E-state index contributed by atoms with van der Waals surface area (Å²) in [6, 6.07) is 10.7. The van der Waals surface area contributed by atoms with Gasteiger partial charge in [-0.15, -0.1) is 0 Å². The molecule has 0 aliphatic heterocycles. The van der Waals surface area contributed by atoms with Crippen molar-refractivity contribution >= 4 is 13.9 Å². The van der Waals surface area contributed by atoms with E-state index in [9.17, 15) is 0 Å². The maximum absolute atomic E-state index is 2.37. The first-order valence-electron chi connectivity index (χ1n) is 3.37. The van der Waals surface area contributed by atoms with Crippen LogP contribution >= 0.6 is 0 Å². The van der Waals surface area contributed by atoms with E-state index in [2.05, 4.69) is 42.0 Å². The second-order valence-corrected chi connectivity index (χ2v) is 7.36. The normalized spacial score (nSPS) is 10.3. The van der Waals surface area contributed by atoms with Gasteiger partial charge >= 0.3 is 66.8 Å². The molecule has 1 heteroatoms. The zero-order chi connectivity index (χ0) is 7.40. The zero-order valence-corrected chi connectivity index (χ0v) is 8.22. The van der Waals surface area contributed by atoms with Crippen LogP contribution in [0.3, 0.4) is 0 Å². The van der Waals surface area contributed by atoms with Gasteiger partial charge in [0.25, 0.3) is 0 Å². The van der Waals surface area contributed by atoms with Crippen molar-refractivity contribution in [2.75, 3.05) is 0 Å². The number of rotatable bonds is 2. The molecule has 1 aromatic rings. The summed E-state index contributed by atoms with van der Waals surface area (Å²) < 4.78 is 0. The molecule has 1 aromatic carbocycles.